The summed E-state index contributed by atoms with van der Waals surface area (Å²) in [5, 5.41) is 5.78. The Morgan fingerprint density at radius 1 is 1.41 bits per heavy atom. The van der Waals surface area contributed by atoms with Gasteiger partial charge in [0.1, 0.15) is 0 Å². The van der Waals surface area contributed by atoms with Gasteiger partial charge in [-0.3, -0.25) is 9.36 Å². The molecule has 0 spiro atoms. The van der Waals surface area contributed by atoms with Gasteiger partial charge >= 0.3 is 0 Å². The highest BCUT2D eigenvalue weighted by Gasteiger charge is 2.23. The number of carbonyl (C=O) groups is 1. The molecule has 0 saturated carbocycles. The van der Waals surface area contributed by atoms with Crippen molar-refractivity contribution in [3.05, 3.63) is 34.6 Å². The average molecular weight is 320 g/mol. The molecule has 0 aromatic carbocycles. The van der Waals surface area contributed by atoms with E-state index in [2.05, 4.69) is 10.3 Å². The second-order valence-corrected chi connectivity index (χ2v) is 6.56. The Hall–Kier alpha value is -1.66. The molecule has 120 valence electrons. The number of nitrogens with zero attached hydrogens (tertiary/aromatic N) is 2. The van der Waals surface area contributed by atoms with Crippen LogP contribution in [0.15, 0.2) is 17.6 Å². The van der Waals surface area contributed by atoms with E-state index in [1.807, 2.05) is 43.7 Å². The minimum atomic E-state index is -0.337. The molecule has 0 aliphatic heterocycles. The lowest BCUT2D eigenvalue weighted by Gasteiger charge is -2.26. The van der Waals surface area contributed by atoms with E-state index < -0.39 is 0 Å². The Morgan fingerprint density at radius 2 is 2.09 bits per heavy atom. The Balaban J connectivity index is 2.20. The fourth-order valence-electron chi connectivity index (χ4n) is 2.46. The zero-order chi connectivity index (χ0) is 16.3. The fourth-order valence-corrected chi connectivity index (χ4v) is 3.22. The second-order valence-electron chi connectivity index (χ2n) is 5.69. The summed E-state index contributed by atoms with van der Waals surface area (Å²) in [6.07, 6.45) is 3.44. The Bertz CT molecular complexity index is 641. The number of thiazole rings is 1. The molecular formula is C16H24N4OS. The van der Waals surface area contributed by atoms with Crippen molar-refractivity contribution < 1.29 is 4.79 Å². The van der Waals surface area contributed by atoms with E-state index in [-0.39, 0.29) is 11.4 Å². The molecule has 0 unspecified atom stereocenters. The number of nitrogens with one attached hydrogen (secondary N) is 1. The first-order valence-corrected chi connectivity index (χ1v) is 8.45. The fraction of sp³-hybridized carbons (Fsp3) is 0.500. The zero-order valence-corrected chi connectivity index (χ0v) is 14.5. The monoisotopic (exact) mass is 320 g/mol. The number of rotatable bonds is 6. The minimum Gasteiger partial charge on any atom is -0.350 e. The quantitative estimate of drug-likeness (QED) is 0.859. The summed E-state index contributed by atoms with van der Waals surface area (Å²) in [5.74, 6) is -0.0763. The summed E-state index contributed by atoms with van der Waals surface area (Å²) >= 11 is 1.55. The second kappa shape index (κ2) is 6.62. The van der Waals surface area contributed by atoms with Crippen LogP contribution in [0.3, 0.4) is 0 Å². The predicted molar refractivity (Wildman–Crippen MR) is 90.7 cm³/mol. The van der Waals surface area contributed by atoms with Crippen LogP contribution in [-0.4, -0.2) is 27.5 Å². The molecule has 2 aromatic heterocycles. The molecule has 0 fully saturated rings. The molecule has 0 aliphatic carbocycles. The maximum absolute atomic E-state index is 12.5. The van der Waals surface area contributed by atoms with Crippen molar-refractivity contribution in [2.24, 2.45) is 5.73 Å². The average Bonchev–Trinajstić information content (AvgIpc) is 3.12. The smallest absolute Gasteiger partial charge is 0.253 e. The van der Waals surface area contributed by atoms with Gasteiger partial charge in [0.25, 0.3) is 5.91 Å². The van der Waals surface area contributed by atoms with Crippen LogP contribution in [0.5, 0.6) is 0 Å². The summed E-state index contributed by atoms with van der Waals surface area (Å²) < 4.78 is 2.01. The SMILES string of the molecule is CCC(N)(CC)CNC(=O)c1cc(C)n(-c2nccs2)c1C. The highest BCUT2D eigenvalue weighted by Crippen LogP contribution is 2.22. The summed E-state index contributed by atoms with van der Waals surface area (Å²) in [6.45, 7) is 8.50. The van der Waals surface area contributed by atoms with E-state index in [1.54, 1.807) is 17.5 Å². The molecule has 0 bridgehead atoms. The standard InChI is InChI=1S/C16H24N4OS/c1-5-16(17,6-2)10-19-14(21)13-9-11(3)20(12(13)4)15-18-7-8-22-15/h7-9H,5-6,10,17H2,1-4H3,(H,19,21). The van der Waals surface area contributed by atoms with Gasteiger partial charge in [0.15, 0.2) is 5.13 Å². The van der Waals surface area contributed by atoms with Gasteiger partial charge in [0.05, 0.1) is 5.56 Å². The van der Waals surface area contributed by atoms with Crippen LogP contribution in [0, 0.1) is 13.8 Å². The van der Waals surface area contributed by atoms with Crippen LogP contribution < -0.4 is 11.1 Å². The van der Waals surface area contributed by atoms with Crippen molar-refractivity contribution in [3.8, 4) is 5.13 Å². The number of hydrogen-bond acceptors (Lipinski definition) is 4. The van der Waals surface area contributed by atoms with Crippen LogP contribution in [-0.2, 0) is 0 Å². The number of aromatic nitrogens is 2. The van der Waals surface area contributed by atoms with Gasteiger partial charge in [0, 0.05) is 35.0 Å². The van der Waals surface area contributed by atoms with Gasteiger partial charge in [-0.05, 0) is 32.8 Å². The molecule has 2 heterocycles. The molecular weight excluding hydrogens is 296 g/mol. The normalized spacial score (nSPS) is 11.7. The van der Waals surface area contributed by atoms with E-state index in [1.165, 1.54) is 0 Å². The van der Waals surface area contributed by atoms with Crippen molar-refractivity contribution in [2.45, 2.75) is 46.1 Å². The predicted octanol–water partition coefficient (Wildman–Crippen LogP) is 2.80. The largest absolute Gasteiger partial charge is 0.350 e. The van der Waals surface area contributed by atoms with Crippen molar-refractivity contribution >= 4 is 17.2 Å². The molecule has 0 saturated heterocycles. The van der Waals surface area contributed by atoms with E-state index >= 15 is 0 Å². The number of aryl methyl sites for hydroxylation is 1. The number of nitrogens with two attached hydrogens (primary N) is 1. The molecule has 2 rings (SSSR count). The molecule has 5 nitrogen and oxygen atoms in total. The first kappa shape index (κ1) is 16.7. The molecule has 0 aliphatic rings. The van der Waals surface area contributed by atoms with Crippen molar-refractivity contribution in [2.75, 3.05) is 6.54 Å². The topological polar surface area (TPSA) is 72.9 Å². The van der Waals surface area contributed by atoms with Gasteiger partial charge in [-0.25, -0.2) is 4.98 Å². The Kier molecular flexibility index (Phi) is 5.03. The van der Waals surface area contributed by atoms with Crippen LogP contribution in [0.25, 0.3) is 5.13 Å². The molecule has 3 N–H and O–H groups in total. The van der Waals surface area contributed by atoms with Crippen molar-refractivity contribution in [1.29, 1.82) is 0 Å². The molecule has 6 heteroatoms. The summed E-state index contributed by atoms with van der Waals surface area (Å²) in [6, 6.07) is 1.90. The van der Waals surface area contributed by atoms with Gasteiger partial charge in [-0.2, -0.15) is 0 Å². The third kappa shape index (κ3) is 3.23. The maximum atomic E-state index is 12.5. The first-order chi connectivity index (χ1) is 10.4. The first-order valence-electron chi connectivity index (χ1n) is 7.57. The highest BCUT2D eigenvalue weighted by molar-refractivity contribution is 7.12. The lowest BCUT2D eigenvalue weighted by Crippen LogP contribution is -2.49. The van der Waals surface area contributed by atoms with Gasteiger partial charge in [-0.1, -0.05) is 13.8 Å². The third-order valence-electron chi connectivity index (χ3n) is 4.30. The molecule has 0 atom stereocenters. The Labute approximate surface area is 135 Å². The molecule has 22 heavy (non-hydrogen) atoms. The van der Waals surface area contributed by atoms with E-state index in [0.717, 1.165) is 29.4 Å². The molecule has 1 amide bonds. The van der Waals surface area contributed by atoms with E-state index in [4.69, 9.17) is 5.73 Å². The third-order valence-corrected chi connectivity index (χ3v) is 5.05. The number of amides is 1. The summed E-state index contributed by atoms with van der Waals surface area (Å²) in [5.41, 5.74) is 8.50. The van der Waals surface area contributed by atoms with E-state index in [0.29, 0.717) is 12.1 Å². The van der Waals surface area contributed by atoms with Gasteiger partial charge in [-0.15, -0.1) is 11.3 Å². The number of carbonyl (C=O) groups excluding carboxylic acids is 1. The zero-order valence-electron chi connectivity index (χ0n) is 13.6. The Morgan fingerprint density at radius 3 is 2.64 bits per heavy atom. The van der Waals surface area contributed by atoms with Crippen LogP contribution in [0.2, 0.25) is 0 Å². The van der Waals surface area contributed by atoms with Crippen LogP contribution in [0.1, 0.15) is 48.4 Å². The lowest BCUT2D eigenvalue weighted by molar-refractivity contribution is 0.0941. The van der Waals surface area contributed by atoms with Crippen LogP contribution in [0.4, 0.5) is 0 Å². The van der Waals surface area contributed by atoms with Crippen molar-refractivity contribution in [1.82, 2.24) is 14.9 Å². The minimum absolute atomic E-state index is 0.0763. The van der Waals surface area contributed by atoms with Crippen molar-refractivity contribution in [3.63, 3.8) is 0 Å². The molecule has 2 aromatic rings. The van der Waals surface area contributed by atoms with E-state index in [9.17, 15) is 4.79 Å². The van der Waals surface area contributed by atoms with Gasteiger partial charge < -0.3 is 11.1 Å². The maximum Gasteiger partial charge on any atom is 0.253 e. The number of hydrogen-bond donors (Lipinski definition) is 2. The molecule has 0 radical (unpaired) electrons. The highest BCUT2D eigenvalue weighted by atomic mass is 32.1. The van der Waals surface area contributed by atoms with Crippen LogP contribution >= 0.6 is 11.3 Å². The summed E-state index contributed by atoms with van der Waals surface area (Å²) in [4.78, 5) is 16.8. The van der Waals surface area contributed by atoms with Gasteiger partial charge in [0.2, 0.25) is 0 Å². The summed E-state index contributed by atoms with van der Waals surface area (Å²) in [7, 11) is 0. The lowest BCUT2D eigenvalue weighted by atomic mass is 9.94.